The van der Waals surface area contributed by atoms with Crippen LogP contribution in [0.25, 0.3) is 0 Å². The SMILES string of the molecule is CN=C(NCc1ccn(C)c1)Nc1ccc(OC)c(OC)c1. The minimum absolute atomic E-state index is 0.672. The molecule has 2 aromatic rings. The molecule has 0 aliphatic carbocycles. The molecule has 0 aliphatic rings. The number of aliphatic imine (C=N–C) groups is 1. The molecule has 0 bridgehead atoms. The lowest BCUT2D eigenvalue weighted by Crippen LogP contribution is -2.30. The summed E-state index contributed by atoms with van der Waals surface area (Å²) in [5, 5.41) is 6.50. The van der Waals surface area contributed by atoms with E-state index in [0.717, 1.165) is 5.69 Å². The lowest BCUT2D eigenvalue weighted by atomic mass is 10.2. The van der Waals surface area contributed by atoms with E-state index in [9.17, 15) is 0 Å². The minimum Gasteiger partial charge on any atom is -0.493 e. The van der Waals surface area contributed by atoms with Gasteiger partial charge in [-0.1, -0.05) is 0 Å². The van der Waals surface area contributed by atoms with Gasteiger partial charge in [-0.05, 0) is 23.8 Å². The summed E-state index contributed by atoms with van der Waals surface area (Å²) in [5.41, 5.74) is 2.07. The molecule has 0 spiro atoms. The highest BCUT2D eigenvalue weighted by Gasteiger charge is 2.06. The first-order chi connectivity index (χ1) is 10.7. The van der Waals surface area contributed by atoms with Gasteiger partial charge in [0, 0.05) is 44.8 Å². The number of hydrogen-bond donors (Lipinski definition) is 2. The van der Waals surface area contributed by atoms with Crippen molar-refractivity contribution in [2.75, 3.05) is 26.6 Å². The number of aryl methyl sites for hydroxylation is 1. The molecule has 1 aromatic carbocycles. The summed E-state index contributed by atoms with van der Waals surface area (Å²) in [4.78, 5) is 4.22. The Hall–Kier alpha value is -2.63. The van der Waals surface area contributed by atoms with Gasteiger partial charge >= 0.3 is 0 Å². The molecule has 0 atom stereocenters. The third-order valence-electron chi connectivity index (χ3n) is 3.22. The molecule has 1 heterocycles. The molecule has 0 aliphatic heterocycles. The smallest absolute Gasteiger partial charge is 0.195 e. The third-order valence-corrected chi connectivity index (χ3v) is 3.22. The summed E-state index contributed by atoms with van der Waals surface area (Å²) in [6.07, 6.45) is 4.08. The van der Waals surface area contributed by atoms with E-state index in [4.69, 9.17) is 9.47 Å². The predicted molar refractivity (Wildman–Crippen MR) is 88.8 cm³/mol. The van der Waals surface area contributed by atoms with Crippen molar-refractivity contribution in [3.63, 3.8) is 0 Å². The maximum atomic E-state index is 5.30. The van der Waals surface area contributed by atoms with Crippen molar-refractivity contribution in [3.8, 4) is 11.5 Å². The topological polar surface area (TPSA) is 59.8 Å². The molecule has 22 heavy (non-hydrogen) atoms. The Kier molecular flexibility index (Phi) is 5.30. The first-order valence-corrected chi connectivity index (χ1v) is 6.97. The maximum Gasteiger partial charge on any atom is 0.195 e. The van der Waals surface area contributed by atoms with Gasteiger partial charge in [-0.15, -0.1) is 0 Å². The summed E-state index contributed by atoms with van der Waals surface area (Å²) in [7, 11) is 6.97. The summed E-state index contributed by atoms with van der Waals surface area (Å²) in [5.74, 6) is 2.06. The fourth-order valence-electron chi connectivity index (χ4n) is 2.08. The molecule has 0 saturated carbocycles. The molecular formula is C16H22N4O2. The second-order valence-corrected chi connectivity index (χ2v) is 4.81. The second-order valence-electron chi connectivity index (χ2n) is 4.81. The van der Waals surface area contributed by atoms with E-state index in [2.05, 4.69) is 27.9 Å². The first kappa shape index (κ1) is 15.8. The standard InChI is InChI=1S/C16H22N4O2/c1-17-16(18-10-12-7-8-20(2)11-12)19-13-5-6-14(21-3)15(9-13)22-4/h5-9,11H,10H2,1-4H3,(H2,17,18,19). The molecule has 0 unspecified atom stereocenters. The number of rotatable bonds is 5. The van der Waals surface area contributed by atoms with Crippen LogP contribution in [0.5, 0.6) is 11.5 Å². The Labute approximate surface area is 130 Å². The maximum absolute atomic E-state index is 5.30. The molecule has 0 radical (unpaired) electrons. The number of nitrogens with zero attached hydrogens (tertiary/aromatic N) is 2. The monoisotopic (exact) mass is 302 g/mol. The fourth-order valence-corrected chi connectivity index (χ4v) is 2.08. The van der Waals surface area contributed by atoms with Gasteiger partial charge < -0.3 is 24.7 Å². The van der Waals surface area contributed by atoms with Gasteiger partial charge in [0.25, 0.3) is 0 Å². The highest BCUT2D eigenvalue weighted by molar-refractivity contribution is 5.93. The third kappa shape index (κ3) is 3.94. The van der Waals surface area contributed by atoms with Crippen molar-refractivity contribution in [1.29, 1.82) is 0 Å². The predicted octanol–water partition coefficient (Wildman–Crippen LogP) is 2.23. The van der Waals surface area contributed by atoms with Gasteiger partial charge in [0.15, 0.2) is 17.5 Å². The summed E-state index contributed by atoms with van der Waals surface area (Å²) in [6, 6.07) is 7.70. The molecule has 0 saturated heterocycles. The van der Waals surface area contributed by atoms with Crippen LogP contribution in [0.2, 0.25) is 0 Å². The zero-order chi connectivity index (χ0) is 15.9. The second kappa shape index (κ2) is 7.40. The van der Waals surface area contributed by atoms with E-state index in [1.165, 1.54) is 5.56 Å². The highest BCUT2D eigenvalue weighted by atomic mass is 16.5. The van der Waals surface area contributed by atoms with Crippen molar-refractivity contribution in [1.82, 2.24) is 9.88 Å². The summed E-state index contributed by atoms with van der Waals surface area (Å²) < 4.78 is 12.5. The average molecular weight is 302 g/mol. The van der Waals surface area contributed by atoms with Crippen LogP contribution in [-0.4, -0.2) is 31.8 Å². The normalized spacial score (nSPS) is 11.2. The van der Waals surface area contributed by atoms with Crippen LogP contribution in [0.4, 0.5) is 5.69 Å². The van der Waals surface area contributed by atoms with E-state index in [0.29, 0.717) is 24.0 Å². The Morgan fingerprint density at radius 2 is 1.95 bits per heavy atom. The minimum atomic E-state index is 0.672. The highest BCUT2D eigenvalue weighted by Crippen LogP contribution is 2.29. The quantitative estimate of drug-likeness (QED) is 0.657. The Balaban J connectivity index is 2.01. The molecule has 2 N–H and O–H groups in total. The fraction of sp³-hybridized carbons (Fsp3) is 0.312. The van der Waals surface area contributed by atoms with Crippen LogP contribution in [0.15, 0.2) is 41.7 Å². The van der Waals surface area contributed by atoms with Crippen LogP contribution in [0, 0.1) is 0 Å². The van der Waals surface area contributed by atoms with Crippen molar-refractivity contribution < 1.29 is 9.47 Å². The van der Waals surface area contributed by atoms with Crippen LogP contribution >= 0.6 is 0 Å². The van der Waals surface area contributed by atoms with E-state index >= 15 is 0 Å². The Morgan fingerprint density at radius 3 is 2.55 bits per heavy atom. The van der Waals surface area contributed by atoms with Gasteiger partial charge in [0.2, 0.25) is 0 Å². The van der Waals surface area contributed by atoms with Gasteiger partial charge in [-0.2, -0.15) is 0 Å². The van der Waals surface area contributed by atoms with E-state index in [-0.39, 0.29) is 0 Å². The molecule has 118 valence electrons. The van der Waals surface area contributed by atoms with Crippen LogP contribution in [0.1, 0.15) is 5.56 Å². The number of hydrogen-bond acceptors (Lipinski definition) is 3. The van der Waals surface area contributed by atoms with E-state index in [1.807, 2.05) is 36.0 Å². The summed E-state index contributed by atoms with van der Waals surface area (Å²) >= 11 is 0. The number of methoxy groups -OCH3 is 2. The molecule has 6 nitrogen and oxygen atoms in total. The molecule has 1 aromatic heterocycles. The van der Waals surface area contributed by atoms with Crippen molar-refractivity contribution >= 4 is 11.6 Å². The number of nitrogens with one attached hydrogen (secondary N) is 2. The first-order valence-electron chi connectivity index (χ1n) is 6.97. The van der Waals surface area contributed by atoms with Gasteiger partial charge in [-0.25, -0.2) is 0 Å². The largest absolute Gasteiger partial charge is 0.493 e. The molecular weight excluding hydrogens is 280 g/mol. The molecule has 0 fully saturated rings. The lowest BCUT2D eigenvalue weighted by Gasteiger charge is -2.13. The van der Waals surface area contributed by atoms with Crippen molar-refractivity contribution in [3.05, 3.63) is 42.2 Å². The summed E-state index contributed by atoms with van der Waals surface area (Å²) in [6.45, 7) is 0.702. The number of ether oxygens (including phenoxy) is 2. The van der Waals surface area contributed by atoms with Gasteiger partial charge in [-0.3, -0.25) is 4.99 Å². The van der Waals surface area contributed by atoms with Crippen LogP contribution < -0.4 is 20.1 Å². The van der Waals surface area contributed by atoms with Crippen molar-refractivity contribution in [2.24, 2.45) is 12.0 Å². The number of anilines is 1. The van der Waals surface area contributed by atoms with E-state index in [1.54, 1.807) is 21.3 Å². The van der Waals surface area contributed by atoms with E-state index < -0.39 is 0 Å². The van der Waals surface area contributed by atoms with Gasteiger partial charge in [0.1, 0.15) is 0 Å². The number of benzene rings is 1. The number of guanidine groups is 1. The van der Waals surface area contributed by atoms with Crippen LogP contribution in [0.3, 0.4) is 0 Å². The van der Waals surface area contributed by atoms with Gasteiger partial charge in [0.05, 0.1) is 14.2 Å². The zero-order valence-electron chi connectivity index (χ0n) is 13.4. The Bertz CT molecular complexity index is 649. The van der Waals surface area contributed by atoms with Crippen LogP contribution in [-0.2, 0) is 13.6 Å². The molecule has 6 heteroatoms. The molecule has 2 rings (SSSR count). The number of aromatic nitrogens is 1. The Morgan fingerprint density at radius 1 is 1.18 bits per heavy atom. The zero-order valence-corrected chi connectivity index (χ0v) is 13.4. The lowest BCUT2D eigenvalue weighted by molar-refractivity contribution is 0.355. The van der Waals surface area contributed by atoms with Crippen molar-refractivity contribution in [2.45, 2.75) is 6.54 Å². The average Bonchev–Trinajstić information content (AvgIpc) is 2.96. The molecule has 0 amide bonds.